The third-order valence-electron chi connectivity index (χ3n) is 0.733. The molecule has 62 valence electrons. The van der Waals surface area contributed by atoms with Crippen molar-refractivity contribution in [1.29, 1.82) is 0 Å². The van der Waals surface area contributed by atoms with E-state index in [0.29, 0.717) is 6.20 Å². The molecule has 5 N–H and O–H groups in total. The molecular weight excluding hydrogens is 150 g/mol. The van der Waals surface area contributed by atoms with E-state index in [9.17, 15) is 10.1 Å². The Morgan fingerprint density at radius 2 is 2.27 bits per heavy atom. The summed E-state index contributed by atoms with van der Waals surface area (Å²) in [6.45, 7) is 0. The van der Waals surface area contributed by atoms with Crippen LogP contribution in [0.2, 0.25) is 0 Å². The van der Waals surface area contributed by atoms with Gasteiger partial charge in [-0.05, 0) is 0 Å². The van der Waals surface area contributed by atoms with E-state index in [0.717, 1.165) is 0 Å². The second kappa shape index (κ2) is 4.09. The molecule has 0 fully saturated rings. The van der Waals surface area contributed by atoms with Crippen LogP contribution < -0.4 is 16.8 Å². The minimum atomic E-state index is -0.654. The lowest BCUT2D eigenvalue weighted by molar-refractivity contribution is -0.403. The minimum absolute atomic E-state index is 0.00926. The Kier molecular flexibility index (Phi) is 3.43. The molecule has 0 aromatic carbocycles. The molecule has 11 heavy (non-hydrogen) atoms. The van der Waals surface area contributed by atoms with Crippen LogP contribution in [0, 0.1) is 10.1 Å². The zero-order chi connectivity index (χ0) is 8.85. The Labute approximate surface area is 62.9 Å². The van der Waals surface area contributed by atoms with Crippen LogP contribution in [0.3, 0.4) is 0 Å². The summed E-state index contributed by atoms with van der Waals surface area (Å²) in [7, 11) is 1.47. The fourth-order valence-electron chi connectivity index (χ4n) is 0.388. The molecule has 0 unspecified atom stereocenters. The van der Waals surface area contributed by atoms with Gasteiger partial charge in [0, 0.05) is 7.05 Å². The number of nitrogens with one attached hydrogen (secondary N) is 1. The number of guanidine groups is 1. The lowest BCUT2D eigenvalue weighted by atomic mass is 10.7. The molecule has 0 rings (SSSR count). The van der Waals surface area contributed by atoms with Crippen molar-refractivity contribution in [3.05, 3.63) is 22.1 Å². The van der Waals surface area contributed by atoms with Gasteiger partial charge in [0.05, 0.1) is 4.92 Å². The van der Waals surface area contributed by atoms with Crippen LogP contribution in [0.15, 0.2) is 17.0 Å². The topological polar surface area (TPSA) is 120 Å². The van der Waals surface area contributed by atoms with Crippen LogP contribution in [0.4, 0.5) is 0 Å². The van der Waals surface area contributed by atoms with Gasteiger partial charge in [0.2, 0.25) is 0 Å². The van der Waals surface area contributed by atoms with E-state index >= 15 is 0 Å². The van der Waals surface area contributed by atoms with Crippen molar-refractivity contribution in [2.75, 3.05) is 7.05 Å². The highest BCUT2D eigenvalue weighted by molar-refractivity contribution is 5.76. The lowest BCUT2D eigenvalue weighted by Crippen LogP contribution is -2.24. The molecule has 0 spiro atoms. The fraction of sp³-hybridized carbons (Fsp3) is 0.250. The molecule has 0 aromatic heterocycles. The summed E-state index contributed by atoms with van der Waals surface area (Å²) < 4.78 is 0. The van der Waals surface area contributed by atoms with Gasteiger partial charge in [-0.2, -0.15) is 4.99 Å². The molecule has 0 radical (unpaired) electrons. The first-order chi connectivity index (χ1) is 5.06. The number of rotatable bonds is 3. The Balaban J connectivity index is 4.41. The van der Waals surface area contributed by atoms with Gasteiger partial charge in [0.25, 0.3) is 6.20 Å². The molecular formula is C4H9N5O2. The normalized spacial score (nSPS) is 10.5. The van der Waals surface area contributed by atoms with E-state index in [1.54, 1.807) is 0 Å². The van der Waals surface area contributed by atoms with Gasteiger partial charge in [-0.1, -0.05) is 0 Å². The minimum Gasteiger partial charge on any atom is -0.370 e. The first-order valence-electron chi connectivity index (χ1n) is 2.69. The summed E-state index contributed by atoms with van der Waals surface area (Å²) in [6.07, 6.45) is 0.666. The van der Waals surface area contributed by atoms with E-state index in [1.807, 2.05) is 0 Å². The van der Waals surface area contributed by atoms with Crippen LogP contribution in [-0.2, 0) is 0 Å². The largest absolute Gasteiger partial charge is 0.370 e. The Bertz CT molecular complexity index is 205. The predicted octanol–water partition coefficient (Wildman–Crippen LogP) is -1.45. The molecule has 0 saturated carbocycles. The molecule has 0 aliphatic heterocycles. The third kappa shape index (κ3) is 4.70. The number of hydrogen-bond acceptors (Lipinski definition) is 4. The van der Waals surface area contributed by atoms with Crippen molar-refractivity contribution in [3.63, 3.8) is 0 Å². The van der Waals surface area contributed by atoms with Gasteiger partial charge in [0.15, 0.2) is 11.8 Å². The fourth-order valence-corrected chi connectivity index (χ4v) is 0.388. The summed E-state index contributed by atoms with van der Waals surface area (Å²) in [5, 5.41) is 12.3. The summed E-state index contributed by atoms with van der Waals surface area (Å²) in [4.78, 5) is 12.6. The van der Waals surface area contributed by atoms with Crippen LogP contribution in [-0.4, -0.2) is 17.9 Å². The van der Waals surface area contributed by atoms with Crippen molar-refractivity contribution in [2.45, 2.75) is 0 Å². The van der Waals surface area contributed by atoms with E-state index in [4.69, 9.17) is 11.5 Å². The Hall–Kier alpha value is -1.79. The molecule has 7 heteroatoms. The predicted molar refractivity (Wildman–Crippen MR) is 39.9 cm³/mol. The van der Waals surface area contributed by atoms with Crippen LogP contribution in [0.5, 0.6) is 0 Å². The Morgan fingerprint density at radius 3 is 2.55 bits per heavy atom. The van der Waals surface area contributed by atoms with Crippen LogP contribution in [0.1, 0.15) is 0 Å². The molecule has 0 heterocycles. The molecule has 0 aliphatic carbocycles. The smallest absolute Gasteiger partial charge is 0.276 e. The number of nitrogens with zero attached hydrogens (tertiary/aromatic N) is 2. The van der Waals surface area contributed by atoms with Gasteiger partial charge >= 0.3 is 0 Å². The van der Waals surface area contributed by atoms with Crippen molar-refractivity contribution in [2.24, 2.45) is 16.5 Å². The highest BCUT2D eigenvalue weighted by Gasteiger charge is 1.96. The molecule has 0 saturated heterocycles. The van der Waals surface area contributed by atoms with Crippen molar-refractivity contribution >= 4 is 5.96 Å². The standard InChI is InChI=1S/C4H9N5O2/c1-7-3(2-9(10)11)8-4(5)6/h2,7H,1H3,(H4,5,6,8). The number of nitro groups is 1. The average Bonchev–Trinajstić information content (AvgIpc) is 1.84. The maximum atomic E-state index is 9.89. The average molecular weight is 159 g/mol. The monoisotopic (exact) mass is 159 g/mol. The first kappa shape index (κ1) is 9.21. The first-order valence-corrected chi connectivity index (χ1v) is 2.69. The lowest BCUT2D eigenvalue weighted by Gasteiger charge is -1.95. The van der Waals surface area contributed by atoms with Crippen LogP contribution in [0.25, 0.3) is 0 Å². The molecule has 0 aromatic rings. The third-order valence-corrected chi connectivity index (χ3v) is 0.733. The second-order valence-corrected chi connectivity index (χ2v) is 1.59. The molecule has 7 nitrogen and oxygen atoms in total. The van der Waals surface area contributed by atoms with E-state index < -0.39 is 4.92 Å². The maximum absolute atomic E-state index is 9.89. The highest BCUT2D eigenvalue weighted by atomic mass is 16.6. The zero-order valence-corrected chi connectivity index (χ0v) is 5.94. The number of hydrogen-bond donors (Lipinski definition) is 3. The Morgan fingerprint density at radius 1 is 1.73 bits per heavy atom. The van der Waals surface area contributed by atoms with Gasteiger partial charge < -0.3 is 16.8 Å². The molecule has 0 aliphatic rings. The molecule has 0 amide bonds. The number of aliphatic imine (C=N–C) groups is 1. The van der Waals surface area contributed by atoms with Crippen LogP contribution >= 0.6 is 0 Å². The van der Waals surface area contributed by atoms with E-state index in [-0.39, 0.29) is 11.8 Å². The summed E-state index contributed by atoms with van der Waals surface area (Å²) in [5.74, 6) is -0.220. The van der Waals surface area contributed by atoms with E-state index in [2.05, 4.69) is 10.3 Å². The highest BCUT2D eigenvalue weighted by Crippen LogP contribution is 1.88. The van der Waals surface area contributed by atoms with E-state index in [1.165, 1.54) is 7.05 Å². The van der Waals surface area contributed by atoms with Crippen molar-refractivity contribution < 1.29 is 4.92 Å². The summed E-state index contributed by atoms with van der Waals surface area (Å²) in [5.41, 5.74) is 9.94. The molecule has 0 atom stereocenters. The van der Waals surface area contributed by atoms with Crippen molar-refractivity contribution in [3.8, 4) is 0 Å². The SMILES string of the molecule is CNC(=C[N+](=O)[O-])N=C(N)N. The number of nitrogens with two attached hydrogens (primary N) is 2. The van der Waals surface area contributed by atoms with Gasteiger partial charge in [-0.3, -0.25) is 10.1 Å². The summed E-state index contributed by atoms with van der Waals surface area (Å²) >= 11 is 0. The quantitative estimate of drug-likeness (QED) is 0.201. The van der Waals surface area contributed by atoms with Gasteiger partial charge in [-0.25, -0.2) is 0 Å². The maximum Gasteiger partial charge on any atom is 0.276 e. The zero-order valence-electron chi connectivity index (χ0n) is 5.94. The van der Waals surface area contributed by atoms with Gasteiger partial charge in [-0.15, -0.1) is 0 Å². The molecule has 0 bridgehead atoms. The van der Waals surface area contributed by atoms with Gasteiger partial charge in [0.1, 0.15) is 0 Å². The summed E-state index contributed by atoms with van der Waals surface area (Å²) in [6, 6.07) is 0. The van der Waals surface area contributed by atoms with Crippen molar-refractivity contribution in [1.82, 2.24) is 5.32 Å². The second-order valence-electron chi connectivity index (χ2n) is 1.59.